The zero-order chi connectivity index (χ0) is 16.1. The monoisotopic (exact) mass is 316 g/mol. The Morgan fingerprint density at radius 3 is 2.10 bits per heavy atom. The third-order valence-corrected chi connectivity index (χ3v) is 3.69. The molecule has 0 radical (unpaired) electrons. The summed E-state index contributed by atoms with van der Waals surface area (Å²) in [6.07, 6.45) is -3.28. The van der Waals surface area contributed by atoms with Gasteiger partial charge in [0.15, 0.2) is 11.4 Å². The summed E-state index contributed by atoms with van der Waals surface area (Å²) in [6, 6.07) is 0. The lowest BCUT2D eigenvalue weighted by Crippen LogP contribution is -2.45. The van der Waals surface area contributed by atoms with Crippen LogP contribution in [-0.4, -0.2) is 16.9 Å². The van der Waals surface area contributed by atoms with E-state index >= 15 is 0 Å². The summed E-state index contributed by atoms with van der Waals surface area (Å²) in [5, 5.41) is 9.51. The highest BCUT2D eigenvalue weighted by atomic mass is 19.4. The van der Waals surface area contributed by atoms with Crippen LogP contribution in [0.5, 0.6) is 0 Å². The normalized spacial score (nSPS) is 20.5. The maximum atomic E-state index is 12.8. The van der Waals surface area contributed by atoms with E-state index in [4.69, 9.17) is 0 Å². The Hall–Kier alpha value is -0.980. The third-order valence-electron chi connectivity index (χ3n) is 3.69. The Morgan fingerprint density at radius 1 is 1.05 bits per heavy atom. The minimum atomic E-state index is -5.18. The Labute approximate surface area is 119 Å². The van der Waals surface area contributed by atoms with Crippen molar-refractivity contribution in [2.75, 3.05) is 0 Å². The molecule has 0 aromatic carbocycles. The highest BCUT2D eigenvalue weighted by Crippen LogP contribution is 2.39. The van der Waals surface area contributed by atoms with Crippen molar-refractivity contribution >= 4 is 0 Å². The Kier molecular flexibility index (Phi) is 6.31. The molecule has 1 unspecified atom stereocenters. The summed E-state index contributed by atoms with van der Waals surface area (Å²) in [5.41, 5.74) is -3.51. The molecular formula is C14H18F6O. The van der Waals surface area contributed by atoms with Crippen molar-refractivity contribution in [2.45, 2.75) is 56.7 Å². The second kappa shape index (κ2) is 7.33. The summed E-state index contributed by atoms with van der Waals surface area (Å²) < 4.78 is 75.0. The van der Waals surface area contributed by atoms with Gasteiger partial charge in [-0.05, 0) is 18.8 Å². The topological polar surface area (TPSA) is 20.2 Å². The molecular weight excluding hydrogens is 298 g/mol. The van der Waals surface area contributed by atoms with Crippen LogP contribution >= 0.6 is 0 Å². The molecule has 1 nitrogen and oxygen atoms in total. The van der Waals surface area contributed by atoms with Crippen LogP contribution in [0, 0.1) is 5.92 Å². The van der Waals surface area contributed by atoms with Crippen molar-refractivity contribution in [1.29, 1.82) is 0 Å². The number of alkyl halides is 3. The first kappa shape index (κ1) is 18.1. The van der Waals surface area contributed by atoms with Crippen molar-refractivity contribution in [3.05, 3.63) is 24.1 Å². The van der Waals surface area contributed by atoms with Crippen LogP contribution in [0.2, 0.25) is 0 Å². The molecule has 1 saturated carbocycles. The number of halogens is 6. The van der Waals surface area contributed by atoms with Crippen LogP contribution in [0.15, 0.2) is 24.1 Å². The van der Waals surface area contributed by atoms with Crippen LogP contribution in [-0.2, 0) is 0 Å². The van der Waals surface area contributed by atoms with Crippen LogP contribution in [0.3, 0.4) is 0 Å². The van der Waals surface area contributed by atoms with E-state index in [1.807, 2.05) is 0 Å². The van der Waals surface area contributed by atoms with E-state index in [1.54, 1.807) is 6.08 Å². The molecule has 0 spiro atoms. The van der Waals surface area contributed by atoms with Gasteiger partial charge in [-0.3, -0.25) is 0 Å². The van der Waals surface area contributed by atoms with Gasteiger partial charge in [-0.25, -0.2) is 4.39 Å². The second-order valence-electron chi connectivity index (χ2n) is 5.40. The molecule has 7 heteroatoms. The first-order valence-corrected chi connectivity index (χ1v) is 6.81. The van der Waals surface area contributed by atoms with E-state index < -0.39 is 36.5 Å². The van der Waals surface area contributed by atoms with Gasteiger partial charge in [0.2, 0.25) is 0 Å². The zero-order valence-electron chi connectivity index (χ0n) is 11.4. The van der Waals surface area contributed by atoms with Gasteiger partial charge in [-0.2, -0.15) is 22.0 Å². The molecule has 0 heterocycles. The van der Waals surface area contributed by atoms with Gasteiger partial charge in [0, 0.05) is 12.8 Å². The van der Waals surface area contributed by atoms with Gasteiger partial charge in [0.05, 0.1) is 0 Å². The molecule has 1 aliphatic carbocycles. The quantitative estimate of drug-likeness (QED) is 0.541. The number of aliphatic hydroxyl groups is 1. The van der Waals surface area contributed by atoms with E-state index in [-0.39, 0.29) is 5.92 Å². The average molecular weight is 316 g/mol. The van der Waals surface area contributed by atoms with Gasteiger partial charge in [0.1, 0.15) is 0 Å². The third kappa shape index (κ3) is 5.37. The van der Waals surface area contributed by atoms with Gasteiger partial charge in [-0.1, -0.05) is 31.4 Å². The zero-order valence-corrected chi connectivity index (χ0v) is 11.4. The summed E-state index contributed by atoms with van der Waals surface area (Å²) in [4.78, 5) is 0. The summed E-state index contributed by atoms with van der Waals surface area (Å²) in [5.74, 6) is -2.10. The van der Waals surface area contributed by atoms with E-state index in [0.717, 1.165) is 38.2 Å². The number of hydrogen-bond donors (Lipinski definition) is 1. The molecule has 0 aliphatic heterocycles. The van der Waals surface area contributed by atoms with E-state index in [1.165, 1.54) is 0 Å². The molecule has 1 N–H and O–H groups in total. The SMILES string of the molecule is OC(CC=CC1CCCCC1)(CC(F)=C(F)F)C(F)(F)F. The van der Waals surface area contributed by atoms with Crippen LogP contribution < -0.4 is 0 Å². The smallest absolute Gasteiger partial charge is 0.380 e. The molecule has 1 rings (SSSR count). The molecule has 1 aliphatic rings. The van der Waals surface area contributed by atoms with Crippen molar-refractivity contribution < 1.29 is 31.4 Å². The molecule has 0 saturated heterocycles. The molecule has 0 aromatic heterocycles. The fourth-order valence-corrected chi connectivity index (χ4v) is 2.39. The Morgan fingerprint density at radius 2 is 1.62 bits per heavy atom. The van der Waals surface area contributed by atoms with Gasteiger partial charge >= 0.3 is 12.3 Å². The Bertz CT molecular complexity index is 391. The van der Waals surface area contributed by atoms with E-state index in [0.29, 0.717) is 0 Å². The fraction of sp³-hybridized carbons (Fsp3) is 0.714. The molecule has 21 heavy (non-hydrogen) atoms. The molecule has 0 bridgehead atoms. The predicted molar refractivity (Wildman–Crippen MR) is 66.3 cm³/mol. The lowest BCUT2D eigenvalue weighted by Gasteiger charge is -2.29. The van der Waals surface area contributed by atoms with Crippen LogP contribution in [0.1, 0.15) is 44.9 Å². The first-order valence-electron chi connectivity index (χ1n) is 6.81. The highest BCUT2D eigenvalue weighted by Gasteiger charge is 2.53. The minimum Gasteiger partial charge on any atom is -0.380 e. The highest BCUT2D eigenvalue weighted by molar-refractivity contribution is 5.06. The molecule has 1 atom stereocenters. The summed E-state index contributed by atoms with van der Waals surface area (Å²) in [6.45, 7) is 0. The average Bonchev–Trinajstić information content (AvgIpc) is 2.38. The van der Waals surface area contributed by atoms with E-state index in [2.05, 4.69) is 0 Å². The lowest BCUT2D eigenvalue weighted by atomic mass is 9.87. The standard InChI is InChI=1S/C14H18F6O/c15-11(12(16)17)9-13(21,14(18,19)20)8-4-7-10-5-2-1-3-6-10/h4,7,10,21H,1-3,5-6,8-9H2. The van der Waals surface area contributed by atoms with Crippen LogP contribution in [0.25, 0.3) is 0 Å². The second-order valence-corrected chi connectivity index (χ2v) is 5.40. The maximum absolute atomic E-state index is 12.8. The predicted octanol–water partition coefficient (Wildman–Crippen LogP) is 5.27. The van der Waals surface area contributed by atoms with Crippen molar-refractivity contribution in [2.24, 2.45) is 5.92 Å². The van der Waals surface area contributed by atoms with E-state index in [9.17, 15) is 31.4 Å². The number of hydrogen-bond acceptors (Lipinski definition) is 1. The summed E-state index contributed by atoms with van der Waals surface area (Å²) >= 11 is 0. The maximum Gasteiger partial charge on any atom is 0.417 e. The molecule has 0 amide bonds. The summed E-state index contributed by atoms with van der Waals surface area (Å²) in [7, 11) is 0. The van der Waals surface area contributed by atoms with Crippen molar-refractivity contribution in [3.63, 3.8) is 0 Å². The number of allylic oxidation sites excluding steroid dienone is 1. The number of rotatable bonds is 5. The first-order chi connectivity index (χ1) is 9.66. The van der Waals surface area contributed by atoms with Gasteiger partial charge in [-0.15, -0.1) is 0 Å². The Balaban J connectivity index is 2.74. The lowest BCUT2D eigenvalue weighted by molar-refractivity contribution is -0.259. The largest absolute Gasteiger partial charge is 0.417 e. The minimum absolute atomic E-state index is 0.134. The van der Waals surface area contributed by atoms with Gasteiger partial charge < -0.3 is 5.11 Å². The fourth-order valence-electron chi connectivity index (χ4n) is 2.39. The van der Waals surface area contributed by atoms with Gasteiger partial charge in [0.25, 0.3) is 0 Å². The van der Waals surface area contributed by atoms with Crippen molar-refractivity contribution in [3.8, 4) is 0 Å². The molecule has 0 aromatic rings. The molecule has 122 valence electrons. The molecule has 1 fully saturated rings. The van der Waals surface area contributed by atoms with Crippen molar-refractivity contribution in [1.82, 2.24) is 0 Å². The van der Waals surface area contributed by atoms with Crippen LogP contribution in [0.4, 0.5) is 26.3 Å².